The molecule has 2 aliphatic rings. The van der Waals surface area contributed by atoms with Gasteiger partial charge >= 0.3 is 6.18 Å². The molecule has 0 spiro atoms. The Balaban J connectivity index is 1.60. The molecule has 45 heavy (non-hydrogen) atoms. The number of hydrogen-bond acceptors (Lipinski definition) is 6. The van der Waals surface area contributed by atoms with E-state index in [0.717, 1.165) is 29.8 Å². The number of halogens is 5. The third-order valence-corrected chi connectivity index (χ3v) is 8.79. The van der Waals surface area contributed by atoms with Gasteiger partial charge in [0.15, 0.2) is 5.66 Å². The number of nitrogens with zero attached hydrogens (tertiary/aromatic N) is 2. The van der Waals surface area contributed by atoms with Crippen molar-refractivity contribution in [3.05, 3.63) is 99.0 Å². The van der Waals surface area contributed by atoms with Gasteiger partial charge in [-0.2, -0.15) is 13.2 Å². The second-order valence-corrected chi connectivity index (χ2v) is 11.9. The minimum Gasteiger partial charge on any atom is -0.493 e. The van der Waals surface area contributed by atoms with Crippen molar-refractivity contribution in [3.8, 4) is 5.75 Å². The standard InChI is InChI=1S/C33H37Cl2F3N4O3/c1-3-44-20-19-41-15-17-42(18-16-41)31(43)32(27-14-9-24(33(36,37)38)21-28(27)45-4-2)39-29(22-5-10-25(34)11-6-22)30(40-32)23-7-12-26(35)13-8-23/h5-14,21,29-30,39-40H,3-4,15-20H2,1-2H3. The molecule has 7 nitrogen and oxygen atoms in total. The fourth-order valence-corrected chi connectivity index (χ4v) is 6.25. The average Bonchev–Trinajstić information content (AvgIpc) is 3.43. The summed E-state index contributed by atoms with van der Waals surface area (Å²) in [5, 5.41) is 8.22. The first-order chi connectivity index (χ1) is 21.6. The van der Waals surface area contributed by atoms with E-state index in [-0.39, 0.29) is 23.8 Å². The van der Waals surface area contributed by atoms with Gasteiger partial charge in [0, 0.05) is 54.9 Å². The van der Waals surface area contributed by atoms with Crippen LogP contribution in [0.3, 0.4) is 0 Å². The number of amides is 1. The van der Waals surface area contributed by atoms with Crippen molar-refractivity contribution in [2.45, 2.75) is 37.8 Å². The summed E-state index contributed by atoms with van der Waals surface area (Å²) in [4.78, 5) is 18.8. The molecule has 2 aliphatic heterocycles. The number of carbonyl (C=O) groups is 1. The maximum absolute atomic E-state index is 14.8. The number of alkyl halides is 3. The summed E-state index contributed by atoms with van der Waals surface area (Å²) in [5.41, 5.74) is -0.533. The number of benzene rings is 3. The largest absolute Gasteiger partial charge is 0.493 e. The SMILES string of the molecule is CCOCCN1CCN(C(=O)C2(c3ccc(C(F)(F)F)cc3OCC)NC(c3ccc(Cl)cc3)C(c3ccc(Cl)cc3)N2)CC1. The zero-order valence-corrected chi connectivity index (χ0v) is 26.7. The lowest BCUT2D eigenvalue weighted by Crippen LogP contribution is -2.62. The van der Waals surface area contributed by atoms with Gasteiger partial charge in [0.05, 0.1) is 30.9 Å². The molecule has 2 atom stereocenters. The first-order valence-corrected chi connectivity index (χ1v) is 15.8. The van der Waals surface area contributed by atoms with E-state index in [1.807, 2.05) is 31.2 Å². The van der Waals surface area contributed by atoms with E-state index in [4.69, 9.17) is 32.7 Å². The van der Waals surface area contributed by atoms with Gasteiger partial charge in [-0.1, -0.05) is 53.5 Å². The van der Waals surface area contributed by atoms with E-state index >= 15 is 0 Å². The average molecular weight is 666 g/mol. The highest BCUT2D eigenvalue weighted by Gasteiger charge is 2.54. The fourth-order valence-electron chi connectivity index (χ4n) is 5.99. The molecule has 5 rings (SSSR count). The van der Waals surface area contributed by atoms with E-state index in [0.29, 0.717) is 49.4 Å². The fraction of sp³-hybridized carbons (Fsp3) is 0.424. The van der Waals surface area contributed by atoms with Crippen molar-refractivity contribution in [2.75, 3.05) is 52.5 Å². The Morgan fingerprint density at radius 3 is 1.91 bits per heavy atom. The normalized spacial score (nSPS) is 22.5. The summed E-state index contributed by atoms with van der Waals surface area (Å²) in [5.74, 6) is -0.328. The maximum Gasteiger partial charge on any atom is 0.416 e. The molecule has 3 aromatic rings. The molecule has 1 amide bonds. The Labute approximate surface area is 271 Å². The van der Waals surface area contributed by atoms with Gasteiger partial charge in [-0.25, -0.2) is 0 Å². The Morgan fingerprint density at radius 1 is 0.867 bits per heavy atom. The van der Waals surface area contributed by atoms with Crippen LogP contribution in [0.25, 0.3) is 0 Å². The third-order valence-electron chi connectivity index (χ3n) is 8.28. The van der Waals surface area contributed by atoms with Crippen LogP contribution in [0.5, 0.6) is 5.75 Å². The zero-order chi connectivity index (χ0) is 32.2. The Bertz CT molecular complexity index is 1400. The van der Waals surface area contributed by atoms with Crippen LogP contribution < -0.4 is 15.4 Å². The van der Waals surface area contributed by atoms with Gasteiger partial charge in [-0.15, -0.1) is 0 Å². The number of carbonyl (C=O) groups excluding carboxylic acids is 1. The maximum atomic E-state index is 14.8. The molecule has 3 aromatic carbocycles. The van der Waals surface area contributed by atoms with E-state index in [1.165, 1.54) is 6.07 Å². The highest BCUT2D eigenvalue weighted by Crippen LogP contribution is 2.46. The molecule has 242 valence electrons. The molecule has 2 heterocycles. The first kappa shape index (κ1) is 33.5. The first-order valence-electron chi connectivity index (χ1n) is 15.1. The van der Waals surface area contributed by atoms with Crippen LogP contribution in [0.15, 0.2) is 66.7 Å². The lowest BCUT2D eigenvalue weighted by Gasteiger charge is -2.40. The molecule has 0 saturated carbocycles. The minimum atomic E-state index is -4.59. The van der Waals surface area contributed by atoms with Crippen molar-refractivity contribution in [2.24, 2.45) is 0 Å². The smallest absolute Gasteiger partial charge is 0.416 e. The molecule has 12 heteroatoms. The topological polar surface area (TPSA) is 66.1 Å². The van der Waals surface area contributed by atoms with Crippen LogP contribution in [0, 0.1) is 0 Å². The van der Waals surface area contributed by atoms with Gasteiger partial charge in [0.1, 0.15) is 5.75 Å². The number of piperazine rings is 1. The van der Waals surface area contributed by atoms with E-state index in [2.05, 4.69) is 15.5 Å². The van der Waals surface area contributed by atoms with Gasteiger partial charge < -0.3 is 14.4 Å². The molecule has 0 aromatic heterocycles. The molecule has 2 unspecified atom stereocenters. The molecular formula is C33H37Cl2F3N4O3. The van der Waals surface area contributed by atoms with Crippen molar-refractivity contribution in [1.82, 2.24) is 20.4 Å². The zero-order valence-electron chi connectivity index (χ0n) is 25.2. The Morgan fingerprint density at radius 2 is 1.42 bits per heavy atom. The van der Waals surface area contributed by atoms with Crippen molar-refractivity contribution < 1.29 is 27.4 Å². The summed E-state index contributed by atoms with van der Waals surface area (Å²) in [7, 11) is 0. The molecular weight excluding hydrogens is 628 g/mol. The minimum absolute atomic E-state index is 0.0253. The number of nitrogens with one attached hydrogen (secondary N) is 2. The molecule has 0 aliphatic carbocycles. The third kappa shape index (κ3) is 7.42. The van der Waals surface area contributed by atoms with Gasteiger partial charge in [-0.05, 0) is 61.4 Å². The Kier molecular flexibility index (Phi) is 10.6. The second-order valence-electron chi connectivity index (χ2n) is 11.1. The van der Waals surface area contributed by atoms with Crippen LogP contribution in [0.4, 0.5) is 13.2 Å². The Hall–Kier alpha value is -2.86. The van der Waals surface area contributed by atoms with Crippen LogP contribution in [0.2, 0.25) is 10.0 Å². The van der Waals surface area contributed by atoms with E-state index in [9.17, 15) is 18.0 Å². The summed E-state index contributed by atoms with van der Waals surface area (Å²) in [6, 6.07) is 16.9. The van der Waals surface area contributed by atoms with Crippen molar-refractivity contribution in [1.29, 1.82) is 0 Å². The highest BCUT2D eigenvalue weighted by atomic mass is 35.5. The van der Waals surface area contributed by atoms with E-state index in [1.54, 1.807) is 36.1 Å². The predicted molar refractivity (Wildman–Crippen MR) is 168 cm³/mol. The summed E-state index contributed by atoms with van der Waals surface area (Å²) >= 11 is 12.4. The van der Waals surface area contributed by atoms with Crippen LogP contribution in [0.1, 0.15) is 48.2 Å². The van der Waals surface area contributed by atoms with Gasteiger partial charge in [-0.3, -0.25) is 20.3 Å². The highest BCUT2D eigenvalue weighted by molar-refractivity contribution is 6.30. The quantitative estimate of drug-likeness (QED) is 0.244. The second kappa shape index (κ2) is 14.3. The lowest BCUT2D eigenvalue weighted by atomic mass is 9.94. The lowest BCUT2D eigenvalue weighted by molar-refractivity contribution is -0.141. The molecule has 2 fully saturated rings. The monoisotopic (exact) mass is 664 g/mol. The van der Waals surface area contributed by atoms with Crippen LogP contribution in [-0.4, -0.2) is 68.3 Å². The summed E-state index contributed by atoms with van der Waals surface area (Å²) in [6.07, 6.45) is -4.59. The number of ether oxygens (including phenoxy) is 2. The van der Waals surface area contributed by atoms with Crippen LogP contribution >= 0.6 is 23.2 Å². The molecule has 0 radical (unpaired) electrons. The molecule has 2 N–H and O–H groups in total. The summed E-state index contributed by atoms with van der Waals surface area (Å²) < 4.78 is 52.9. The van der Waals surface area contributed by atoms with Gasteiger partial charge in [0.25, 0.3) is 5.91 Å². The summed E-state index contributed by atoms with van der Waals surface area (Å²) in [6.45, 7) is 7.91. The number of hydrogen-bond donors (Lipinski definition) is 2. The van der Waals surface area contributed by atoms with Gasteiger partial charge in [0.2, 0.25) is 0 Å². The van der Waals surface area contributed by atoms with Crippen molar-refractivity contribution in [3.63, 3.8) is 0 Å². The number of rotatable bonds is 10. The van der Waals surface area contributed by atoms with Crippen molar-refractivity contribution >= 4 is 29.1 Å². The van der Waals surface area contributed by atoms with Crippen LogP contribution in [-0.2, 0) is 21.4 Å². The van der Waals surface area contributed by atoms with E-state index < -0.39 is 29.5 Å². The molecule has 2 saturated heterocycles. The molecule has 0 bridgehead atoms. The predicted octanol–water partition coefficient (Wildman–Crippen LogP) is 6.42.